The summed E-state index contributed by atoms with van der Waals surface area (Å²) in [5, 5.41) is 11.8. The largest absolute Gasteiger partial charge is 0.485 e. The van der Waals surface area contributed by atoms with Gasteiger partial charge in [0.1, 0.15) is 15.6 Å². The number of nitrogens with one attached hydrogen (secondary N) is 2. The molecule has 1 aliphatic heterocycles. The third-order valence-electron chi connectivity index (χ3n) is 5.59. The number of halogens is 3. The Morgan fingerprint density at radius 1 is 1.17 bits per heavy atom. The Labute approximate surface area is 205 Å². The molecule has 1 aromatic heterocycles. The maximum atomic E-state index is 13.6. The number of anilines is 1. The predicted molar refractivity (Wildman–Crippen MR) is 128 cm³/mol. The smallest absolute Gasteiger partial charge is 0.419 e. The maximum Gasteiger partial charge on any atom is 0.419 e. The van der Waals surface area contributed by atoms with Crippen LogP contribution in [0.2, 0.25) is 0 Å². The van der Waals surface area contributed by atoms with Gasteiger partial charge in [-0.25, -0.2) is 8.42 Å². The number of rotatable bonds is 7. The second kappa shape index (κ2) is 9.53. The highest BCUT2D eigenvalue weighted by molar-refractivity contribution is 7.94. The standard InChI is InChI=1S/C24H22F3N3O3S2/c1-23(11-13-29-15-23)33-20-14-18(6-7-19(20)24(25,26)27)30-35(31,32)22-9-8-21(34-22)17-4-2-16(3-5-17)10-12-28/h2-9,14,29-30H,10-11,13,15H2,1H3/t23-/m1/s1. The molecule has 184 valence electrons. The number of nitriles is 1. The Balaban J connectivity index is 1.58. The Kier molecular flexibility index (Phi) is 6.81. The molecule has 1 fully saturated rings. The van der Waals surface area contributed by atoms with E-state index in [1.54, 1.807) is 37.3 Å². The fraction of sp³-hybridized carbons (Fsp3) is 0.292. The summed E-state index contributed by atoms with van der Waals surface area (Å²) in [5.41, 5.74) is -0.181. The number of hydrogen-bond donors (Lipinski definition) is 2. The van der Waals surface area contributed by atoms with Gasteiger partial charge in [0.2, 0.25) is 0 Å². The van der Waals surface area contributed by atoms with Crippen LogP contribution in [-0.4, -0.2) is 27.1 Å². The van der Waals surface area contributed by atoms with Crippen LogP contribution < -0.4 is 14.8 Å². The van der Waals surface area contributed by atoms with E-state index >= 15 is 0 Å². The highest BCUT2D eigenvalue weighted by Gasteiger charge is 2.38. The fourth-order valence-corrected chi connectivity index (χ4v) is 6.12. The van der Waals surface area contributed by atoms with Crippen LogP contribution >= 0.6 is 11.3 Å². The summed E-state index contributed by atoms with van der Waals surface area (Å²) < 4.78 is 74.8. The van der Waals surface area contributed by atoms with Gasteiger partial charge in [-0.1, -0.05) is 24.3 Å². The van der Waals surface area contributed by atoms with E-state index in [0.29, 0.717) is 24.4 Å². The summed E-state index contributed by atoms with van der Waals surface area (Å²) in [6.07, 6.45) is -3.85. The van der Waals surface area contributed by atoms with Gasteiger partial charge in [-0.2, -0.15) is 18.4 Å². The van der Waals surface area contributed by atoms with Crippen molar-refractivity contribution in [1.82, 2.24) is 5.32 Å². The van der Waals surface area contributed by atoms with Crippen LogP contribution in [0.25, 0.3) is 10.4 Å². The number of ether oxygens (including phenoxy) is 1. The first-order chi connectivity index (χ1) is 16.5. The molecule has 35 heavy (non-hydrogen) atoms. The number of alkyl halides is 3. The Bertz CT molecular complexity index is 1360. The van der Waals surface area contributed by atoms with Gasteiger partial charge in [-0.3, -0.25) is 4.72 Å². The van der Waals surface area contributed by atoms with Crippen molar-refractivity contribution in [2.75, 3.05) is 17.8 Å². The van der Waals surface area contributed by atoms with Gasteiger partial charge < -0.3 is 10.1 Å². The molecule has 0 bridgehead atoms. The van der Waals surface area contributed by atoms with Crippen molar-refractivity contribution in [3.8, 4) is 22.3 Å². The van der Waals surface area contributed by atoms with E-state index in [1.165, 1.54) is 6.07 Å². The molecule has 0 unspecified atom stereocenters. The zero-order valence-corrected chi connectivity index (χ0v) is 20.3. The molecule has 0 saturated carbocycles. The van der Waals surface area contributed by atoms with E-state index in [-0.39, 0.29) is 16.3 Å². The highest BCUT2D eigenvalue weighted by Crippen LogP contribution is 2.40. The van der Waals surface area contributed by atoms with Crippen molar-refractivity contribution in [3.63, 3.8) is 0 Å². The fourth-order valence-electron chi connectivity index (χ4n) is 3.75. The molecule has 6 nitrogen and oxygen atoms in total. The van der Waals surface area contributed by atoms with Gasteiger partial charge in [-0.05, 0) is 48.9 Å². The molecular weight excluding hydrogens is 499 g/mol. The zero-order valence-electron chi connectivity index (χ0n) is 18.6. The minimum atomic E-state index is -4.65. The predicted octanol–water partition coefficient (Wildman–Crippen LogP) is 5.43. The first kappa shape index (κ1) is 25.0. The minimum Gasteiger partial charge on any atom is -0.485 e. The number of sulfonamides is 1. The molecule has 1 aliphatic rings. The molecule has 2 N–H and O–H groups in total. The maximum absolute atomic E-state index is 13.6. The number of benzene rings is 2. The molecule has 1 atom stereocenters. The molecule has 1 saturated heterocycles. The lowest BCUT2D eigenvalue weighted by molar-refractivity contribution is -0.139. The first-order valence-corrected chi connectivity index (χ1v) is 13.0. The number of nitrogens with zero attached hydrogens (tertiary/aromatic N) is 1. The quantitative estimate of drug-likeness (QED) is 0.433. The first-order valence-electron chi connectivity index (χ1n) is 10.7. The van der Waals surface area contributed by atoms with E-state index < -0.39 is 33.1 Å². The van der Waals surface area contributed by atoms with Crippen molar-refractivity contribution >= 4 is 27.0 Å². The van der Waals surface area contributed by atoms with Crippen LogP contribution in [0.3, 0.4) is 0 Å². The topological polar surface area (TPSA) is 91.2 Å². The molecule has 0 spiro atoms. The van der Waals surface area contributed by atoms with Gasteiger partial charge in [0.05, 0.1) is 23.7 Å². The molecule has 2 aromatic carbocycles. The lowest BCUT2D eigenvalue weighted by Crippen LogP contribution is -2.35. The third-order valence-corrected chi connectivity index (χ3v) is 8.60. The van der Waals surface area contributed by atoms with E-state index in [0.717, 1.165) is 40.7 Å². The van der Waals surface area contributed by atoms with Crippen molar-refractivity contribution in [2.24, 2.45) is 0 Å². The third kappa shape index (κ3) is 5.78. The number of thiophene rings is 1. The van der Waals surface area contributed by atoms with E-state index in [9.17, 15) is 21.6 Å². The van der Waals surface area contributed by atoms with Gasteiger partial charge in [0, 0.05) is 23.9 Å². The zero-order chi connectivity index (χ0) is 25.3. The monoisotopic (exact) mass is 521 g/mol. The van der Waals surface area contributed by atoms with Crippen LogP contribution in [0.4, 0.5) is 18.9 Å². The lowest BCUT2D eigenvalue weighted by Gasteiger charge is -2.27. The normalized spacial score (nSPS) is 18.3. The van der Waals surface area contributed by atoms with E-state index in [4.69, 9.17) is 10.00 Å². The Hall–Kier alpha value is -3.07. The molecule has 0 aliphatic carbocycles. The van der Waals surface area contributed by atoms with Crippen molar-refractivity contribution in [1.29, 1.82) is 5.26 Å². The molecule has 11 heteroatoms. The second-order valence-corrected chi connectivity index (χ2v) is 11.4. The summed E-state index contributed by atoms with van der Waals surface area (Å²) in [6.45, 7) is 2.71. The SMILES string of the molecule is C[C@@]1(Oc2cc(NS(=O)(=O)c3ccc(-c4ccc(CC#N)cc4)s3)ccc2C(F)(F)F)CCNC1. The number of hydrogen-bond acceptors (Lipinski definition) is 6. The molecule has 0 amide bonds. The van der Waals surface area contributed by atoms with Gasteiger partial charge in [-0.15, -0.1) is 11.3 Å². The lowest BCUT2D eigenvalue weighted by atomic mass is 10.1. The molecule has 0 radical (unpaired) electrons. The van der Waals surface area contributed by atoms with Crippen molar-refractivity contribution in [3.05, 3.63) is 65.7 Å². The van der Waals surface area contributed by atoms with Crippen LogP contribution in [0.5, 0.6) is 5.75 Å². The Morgan fingerprint density at radius 3 is 2.54 bits per heavy atom. The van der Waals surface area contributed by atoms with Crippen LogP contribution in [0.1, 0.15) is 24.5 Å². The summed E-state index contributed by atoms with van der Waals surface area (Å²) in [7, 11) is -4.05. The summed E-state index contributed by atoms with van der Waals surface area (Å²) >= 11 is 1.03. The average molecular weight is 522 g/mol. The van der Waals surface area contributed by atoms with Crippen molar-refractivity contribution < 1.29 is 26.3 Å². The van der Waals surface area contributed by atoms with Crippen LogP contribution in [0.15, 0.2) is 58.8 Å². The minimum absolute atomic E-state index is 0.0166. The summed E-state index contributed by atoms with van der Waals surface area (Å²) in [4.78, 5) is 0.701. The van der Waals surface area contributed by atoms with Crippen LogP contribution in [0, 0.1) is 11.3 Å². The van der Waals surface area contributed by atoms with E-state index in [2.05, 4.69) is 16.1 Å². The van der Waals surface area contributed by atoms with Crippen LogP contribution in [-0.2, 0) is 22.6 Å². The van der Waals surface area contributed by atoms with Crippen molar-refractivity contribution in [2.45, 2.75) is 35.8 Å². The Morgan fingerprint density at radius 2 is 1.91 bits per heavy atom. The van der Waals surface area contributed by atoms with Gasteiger partial charge >= 0.3 is 6.18 Å². The average Bonchev–Trinajstić information content (AvgIpc) is 3.44. The van der Waals surface area contributed by atoms with E-state index in [1.807, 2.05) is 0 Å². The van der Waals surface area contributed by atoms with Gasteiger partial charge in [0.25, 0.3) is 10.0 Å². The molecule has 3 aromatic rings. The van der Waals surface area contributed by atoms with Gasteiger partial charge in [0.15, 0.2) is 0 Å². The second-order valence-electron chi connectivity index (χ2n) is 8.44. The molecule has 2 heterocycles. The molecular formula is C24H22F3N3O3S2. The summed E-state index contributed by atoms with van der Waals surface area (Å²) in [5.74, 6) is -0.423. The molecule has 4 rings (SSSR count). The highest BCUT2D eigenvalue weighted by atomic mass is 32.2. The summed E-state index contributed by atoms with van der Waals surface area (Å²) in [6, 6.07) is 15.4.